The van der Waals surface area contributed by atoms with Crippen molar-refractivity contribution in [2.24, 2.45) is 5.92 Å². The van der Waals surface area contributed by atoms with Gasteiger partial charge in [0.05, 0.1) is 17.5 Å². The molecule has 1 aliphatic carbocycles. The molecule has 0 aromatic heterocycles. The SMILES string of the molecule is N#C[C@@H]1C[C@@]2(CN1C(=O)[C@H](CC1CC1)NCCCl)C(=O)Nc1ccccc12. The first-order valence-electron chi connectivity index (χ1n) is 9.49. The van der Waals surface area contributed by atoms with Crippen molar-refractivity contribution in [1.82, 2.24) is 10.2 Å². The minimum atomic E-state index is -0.830. The number of anilines is 1. The van der Waals surface area contributed by atoms with Gasteiger partial charge in [0.2, 0.25) is 11.8 Å². The summed E-state index contributed by atoms with van der Waals surface area (Å²) in [6.45, 7) is 0.792. The van der Waals surface area contributed by atoms with Crippen molar-refractivity contribution < 1.29 is 9.59 Å². The summed E-state index contributed by atoms with van der Waals surface area (Å²) >= 11 is 5.80. The molecule has 0 bridgehead atoms. The number of nitrogens with zero attached hydrogens (tertiary/aromatic N) is 2. The zero-order chi connectivity index (χ0) is 19.0. The van der Waals surface area contributed by atoms with Gasteiger partial charge in [0.15, 0.2) is 0 Å². The molecule has 2 aliphatic heterocycles. The average Bonchev–Trinajstić information content (AvgIpc) is 3.35. The third-order valence-corrected chi connectivity index (χ3v) is 6.15. The minimum absolute atomic E-state index is 0.0902. The van der Waals surface area contributed by atoms with Crippen LogP contribution in [0.4, 0.5) is 5.69 Å². The standard InChI is InChI=1S/C20H23ClN4O2/c21-7-8-23-17(9-13-5-6-13)18(26)25-12-20(10-14(25)11-22)15-3-1-2-4-16(15)24-19(20)27/h1-4,13-14,17,23H,5-10,12H2,(H,24,27)/t14-,17-,20-/m0/s1. The molecule has 3 aliphatic rings. The molecule has 1 saturated heterocycles. The molecule has 1 spiro atoms. The Morgan fingerprint density at radius 3 is 2.93 bits per heavy atom. The monoisotopic (exact) mass is 386 g/mol. The summed E-state index contributed by atoms with van der Waals surface area (Å²) in [5.41, 5.74) is 0.838. The quantitative estimate of drug-likeness (QED) is 0.732. The second-order valence-electron chi connectivity index (χ2n) is 7.77. The molecule has 1 aromatic carbocycles. The molecule has 3 atom stereocenters. The molecular weight excluding hydrogens is 364 g/mol. The van der Waals surface area contributed by atoms with Gasteiger partial charge in [-0.25, -0.2) is 0 Å². The molecule has 4 rings (SSSR count). The Bertz CT molecular complexity index is 803. The van der Waals surface area contributed by atoms with Crippen LogP contribution >= 0.6 is 11.6 Å². The number of amides is 2. The van der Waals surface area contributed by atoms with Crippen LogP contribution in [0, 0.1) is 17.2 Å². The zero-order valence-electron chi connectivity index (χ0n) is 15.1. The number of rotatable bonds is 6. The molecule has 142 valence electrons. The van der Waals surface area contributed by atoms with E-state index in [9.17, 15) is 14.9 Å². The number of fused-ring (bicyclic) bond motifs is 2. The van der Waals surface area contributed by atoms with Gasteiger partial charge in [-0.05, 0) is 24.0 Å². The number of benzene rings is 1. The normalized spacial score (nSPS) is 27.3. The van der Waals surface area contributed by atoms with E-state index in [0.29, 0.717) is 24.8 Å². The fourth-order valence-corrected chi connectivity index (χ4v) is 4.48. The van der Waals surface area contributed by atoms with E-state index >= 15 is 0 Å². The first kappa shape index (κ1) is 18.3. The van der Waals surface area contributed by atoms with Crippen LogP contribution in [0.2, 0.25) is 0 Å². The van der Waals surface area contributed by atoms with E-state index in [1.165, 1.54) is 0 Å². The van der Waals surface area contributed by atoms with E-state index in [-0.39, 0.29) is 24.4 Å². The number of nitriles is 1. The van der Waals surface area contributed by atoms with Crippen molar-refractivity contribution in [2.75, 3.05) is 24.3 Å². The first-order valence-corrected chi connectivity index (χ1v) is 10.0. The van der Waals surface area contributed by atoms with Crippen LogP contribution in [-0.4, -0.2) is 47.8 Å². The number of hydrogen-bond donors (Lipinski definition) is 2. The summed E-state index contributed by atoms with van der Waals surface area (Å²) in [4.78, 5) is 27.7. The minimum Gasteiger partial charge on any atom is -0.325 e. The van der Waals surface area contributed by atoms with E-state index in [1.54, 1.807) is 4.90 Å². The number of likely N-dealkylation sites (tertiary alicyclic amines) is 1. The van der Waals surface area contributed by atoms with Crippen LogP contribution < -0.4 is 10.6 Å². The Morgan fingerprint density at radius 2 is 2.22 bits per heavy atom. The summed E-state index contributed by atoms with van der Waals surface area (Å²) in [6.07, 6.45) is 3.39. The van der Waals surface area contributed by atoms with Crippen LogP contribution in [0.25, 0.3) is 0 Å². The van der Waals surface area contributed by atoms with Gasteiger partial charge in [-0.15, -0.1) is 11.6 Å². The number of para-hydroxylation sites is 1. The molecule has 0 unspecified atom stereocenters. The smallest absolute Gasteiger partial charge is 0.240 e. The summed E-state index contributed by atoms with van der Waals surface area (Å²) in [7, 11) is 0. The van der Waals surface area contributed by atoms with Gasteiger partial charge in [0.1, 0.15) is 6.04 Å². The fraction of sp³-hybridized carbons (Fsp3) is 0.550. The second kappa shape index (κ2) is 7.14. The fourth-order valence-electron chi connectivity index (χ4n) is 4.37. The van der Waals surface area contributed by atoms with E-state index in [4.69, 9.17) is 11.6 Å². The van der Waals surface area contributed by atoms with E-state index in [2.05, 4.69) is 16.7 Å². The highest BCUT2D eigenvalue weighted by Crippen LogP contribution is 2.46. The van der Waals surface area contributed by atoms with Crippen molar-refractivity contribution in [3.63, 3.8) is 0 Å². The number of hydrogen-bond acceptors (Lipinski definition) is 4. The number of nitrogens with one attached hydrogen (secondary N) is 2. The van der Waals surface area contributed by atoms with Crippen LogP contribution in [0.3, 0.4) is 0 Å². The third-order valence-electron chi connectivity index (χ3n) is 5.97. The molecule has 2 N–H and O–H groups in total. The highest BCUT2D eigenvalue weighted by Gasteiger charge is 2.56. The summed E-state index contributed by atoms with van der Waals surface area (Å²) < 4.78 is 0. The molecule has 1 aromatic rings. The Morgan fingerprint density at radius 1 is 1.44 bits per heavy atom. The number of alkyl halides is 1. The maximum Gasteiger partial charge on any atom is 0.240 e. The van der Waals surface area contributed by atoms with Gasteiger partial charge in [0.25, 0.3) is 0 Å². The Kier molecular flexibility index (Phi) is 4.83. The van der Waals surface area contributed by atoms with Crippen LogP contribution in [0.1, 0.15) is 31.2 Å². The van der Waals surface area contributed by atoms with E-state index in [1.807, 2.05) is 24.3 Å². The highest BCUT2D eigenvalue weighted by molar-refractivity contribution is 6.18. The molecule has 27 heavy (non-hydrogen) atoms. The van der Waals surface area contributed by atoms with Crippen LogP contribution in [-0.2, 0) is 15.0 Å². The van der Waals surface area contributed by atoms with Gasteiger partial charge < -0.3 is 15.5 Å². The van der Waals surface area contributed by atoms with Crippen molar-refractivity contribution in [3.05, 3.63) is 29.8 Å². The third kappa shape index (κ3) is 3.19. The van der Waals surface area contributed by atoms with Crippen molar-refractivity contribution in [1.29, 1.82) is 5.26 Å². The highest BCUT2D eigenvalue weighted by atomic mass is 35.5. The molecule has 2 heterocycles. The average molecular weight is 387 g/mol. The lowest BCUT2D eigenvalue weighted by molar-refractivity contribution is -0.134. The molecule has 7 heteroatoms. The maximum absolute atomic E-state index is 13.3. The molecule has 1 saturated carbocycles. The predicted molar refractivity (Wildman–Crippen MR) is 102 cm³/mol. The Hall–Kier alpha value is -2.10. The van der Waals surface area contributed by atoms with E-state index < -0.39 is 11.5 Å². The van der Waals surface area contributed by atoms with Gasteiger partial charge >= 0.3 is 0 Å². The van der Waals surface area contributed by atoms with Gasteiger partial charge in [0, 0.05) is 31.1 Å². The summed E-state index contributed by atoms with van der Waals surface area (Å²) in [6, 6.07) is 8.85. The van der Waals surface area contributed by atoms with Gasteiger partial charge in [-0.2, -0.15) is 5.26 Å². The van der Waals surface area contributed by atoms with Crippen LogP contribution in [0.5, 0.6) is 0 Å². The molecule has 6 nitrogen and oxygen atoms in total. The van der Waals surface area contributed by atoms with Crippen molar-refractivity contribution in [2.45, 2.75) is 43.2 Å². The van der Waals surface area contributed by atoms with Gasteiger partial charge in [-0.3, -0.25) is 9.59 Å². The molecule has 2 amide bonds. The van der Waals surface area contributed by atoms with Crippen molar-refractivity contribution >= 4 is 29.1 Å². The number of carbonyl (C=O) groups excluding carboxylic acids is 2. The van der Waals surface area contributed by atoms with E-state index in [0.717, 1.165) is 30.5 Å². The second-order valence-corrected chi connectivity index (χ2v) is 8.15. The largest absolute Gasteiger partial charge is 0.325 e. The zero-order valence-corrected chi connectivity index (χ0v) is 15.8. The Balaban J connectivity index is 1.60. The molecular formula is C20H23ClN4O2. The Labute approximate surface area is 163 Å². The first-order chi connectivity index (χ1) is 13.1. The predicted octanol–water partition coefficient (Wildman–Crippen LogP) is 2.00. The lowest BCUT2D eigenvalue weighted by Crippen LogP contribution is -2.50. The lowest BCUT2D eigenvalue weighted by atomic mass is 9.80. The lowest BCUT2D eigenvalue weighted by Gasteiger charge is -2.27. The number of halogens is 1. The topological polar surface area (TPSA) is 85.2 Å². The van der Waals surface area contributed by atoms with Crippen molar-refractivity contribution in [3.8, 4) is 6.07 Å². The molecule has 2 fully saturated rings. The number of carbonyl (C=O) groups is 2. The van der Waals surface area contributed by atoms with Crippen LogP contribution in [0.15, 0.2) is 24.3 Å². The van der Waals surface area contributed by atoms with Gasteiger partial charge in [-0.1, -0.05) is 31.0 Å². The summed E-state index contributed by atoms with van der Waals surface area (Å²) in [5.74, 6) is 0.782. The molecule has 0 radical (unpaired) electrons. The summed E-state index contributed by atoms with van der Waals surface area (Å²) in [5, 5.41) is 15.9. The maximum atomic E-state index is 13.3.